The number of fused-ring (bicyclic) bond motifs is 1. The Morgan fingerprint density at radius 3 is 2.54 bits per heavy atom. The summed E-state index contributed by atoms with van der Waals surface area (Å²) in [7, 11) is 0. The van der Waals surface area contributed by atoms with Gasteiger partial charge in [-0.25, -0.2) is 4.98 Å². The lowest BCUT2D eigenvalue weighted by Crippen LogP contribution is -2.47. The van der Waals surface area contributed by atoms with Crippen LogP contribution in [0.2, 0.25) is 0 Å². The van der Waals surface area contributed by atoms with Crippen molar-refractivity contribution in [3.63, 3.8) is 0 Å². The molecule has 0 unspecified atom stereocenters. The highest BCUT2D eigenvalue weighted by atomic mass is 16.1. The summed E-state index contributed by atoms with van der Waals surface area (Å²) in [5.41, 5.74) is 2.66. The molecule has 2 fully saturated rings. The summed E-state index contributed by atoms with van der Waals surface area (Å²) in [5, 5.41) is 3.36. The maximum absolute atomic E-state index is 13.3. The van der Waals surface area contributed by atoms with Gasteiger partial charge in [-0.15, -0.1) is 0 Å². The summed E-state index contributed by atoms with van der Waals surface area (Å²) in [6.45, 7) is 7.55. The Morgan fingerprint density at radius 2 is 1.79 bits per heavy atom. The number of hydrogen-bond acceptors (Lipinski definition) is 5. The molecule has 6 nitrogen and oxygen atoms in total. The van der Waals surface area contributed by atoms with Gasteiger partial charge in [-0.2, -0.15) is 0 Å². The van der Waals surface area contributed by atoms with Crippen LogP contribution in [-0.2, 0) is 0 Å². The van der Waals surface area contributed by atoms with Crippen molar-refractivity contribution in [2.75, 3.05) is 49.1 Å². The highest BCUT2D eigenvalue weighted by Gasteiger charge is 2.25. The predicted molar refractivity (Wildman–Crippen MR) is 97.3 cm³/mol. The molecule has 0 spiro atoms. The van der Waals surface area contributed by atoms with E-state index in [2.05, 4.69) is 15.1 Å². The minimum atomic E-state index is 0.0613. The van der Waals surface area contributed by atoms with Gasteiger partial charge in [0, 0.05) is 45.5 Å². The van der Waals surface area contributed by atoms with Gasteiger partial charge in [-0.1, -0.05) is 6.07 Å². The van der Waals surface area contributed by atoms with E-state index < -0.39 is 0 Å². The van der Waals surface area contributed by atoms with Gasteiger partial charge in [-0.05, 0) is 37.8 Å². The first-order valence-electron chi connectivity index (χ1n) is 8.98. The third-order valence-electron chi connectivity index (χ3n) is 5.10. The van der Waals surface area contributed by atoms with Crippen molar-refractivity contribution >= 4 is 17.2 Å². The van der Waals surface area contributed by atoms with Crippen LogP contribution in [0.15, 0.2) is 23.1 Å². The van der Waals surface area contributed by atoms with Crippen molar-refractivity contribution in [2.24, 2.45) is 0 Å². The van der Waals surface area contributed by atoms with Crippen molar-refractivity contribution < 1.29 is 0 Å². The van der Waals surface area contributed by atoms with Crippen LogP contribution >= 0.6 is 0 Å². The third-order valence-corrected chi connectivity index (χ3v) is 5.10. The molecule has 1 N–H and O–H groups in total. The van der Waals surface area contributed by atoms with Crippen LogP contribution in [0.1, 0.15) is 24.8 Å². The zero-order valence-corrected chi connectivity index (χ0v) is 14.3. The topological polar surface area (TPSA) is 52.9 Å². The largest absolute Gasteiger partial charge is 0.361 e. The SMILES string of the molecule is Cc1cccn2c(=O)c(N3CCNCC3)c(N3CCCCC3)nc12. The predicted octanol–water partition coefficient (Wildman–Crippen LogP) is 1.40. The van der Waals surface area contributed by atoms with Gasteiger partial charge < -0.3 is 15.1 Å². The smallest absolute Gasteiger partial charge is 0.283 e. The van der Waals surface area contributed by atoms with E-state index in [0.717, 1.165) is 62.0 Å². The molecular weight excluding hydrogens is 302 g/mol. The molecular formula is C18H25N5O. The van der Waals surface area contributed by atoms with E-state index in [-0.39, 0.29) is 5.56 Å². The number of anilines is 2. The average Bonchev–Trinajstić information content (AvgIpc) is 2.64. The van der Waals surface area contributed by atoms with E-state index >= 15 is 0 Å². The Hall–Kier alpha value is -2.08. The highest BCUT2D eigenvalue weighted by molar-refractivity contribution is 5.70. The summed E-state index contributed by atoms with van der Waals surface area (Å²) in [5.74, 6) is 0.885. The fourth-order valence-corrected chi connectivity index (χ4v) is 3.77. The number of aromatic nitrogens is 2. The number of pyridine rings is 1. The maximum atomic E-state index is 13.3. The molecule has 2 aromatic rings. The first-order valence-corrected chi connectivity index (χ1v) is 8.98. The molecule has 2 saturated heterocycles. The van der Waals surface area contributed by atoms with E-state index in [9.17, 15) is 4.79 Å². The molecule has 0 bridgehead atoms. The van der Waals surface area contributed by atoms with Crippen LogP contribution < -0.4 is 20.7 Å². The van der Waals surface area contributed by atoms with Gasteiger partial charge >= 0.3 is 0 Å². The van der Waals surface area contributed by atoms with E-state index in [1.807, 2.05) is 25.3 Å². The molecule has 128 valence electrons. The fourth-order valence-electron chi connectivity index (χ4n) is 3.77. The van der Waals surface area contributed by atoms with Crippen molar-refractivity contribution in [3.8, 4) is 0 Å². The number of aryl methyl sites for hydroxylation is 1. The third kappa shape index (κ3) is 2.65. The molecule has 0 atom stereocenters. The van der Waals surface area contributed by atoms with Crippen LogP contribution in [0.4, 0.5) is 11.5 Å². The van der Waals surface area contributed by atoms with Crippen molar-refractivity contribution in [1.82, 2.24) is 14.7 Å². The molecule has 2 aliphatic heterocycles. The van der Waals surface area contributed by atoms with Crippen LogP contribution in [-0.4, -0.2) is 48.7 Å². The molecule has 0 amide bonds. The zero-order chi connectivity index (χ0) is 16.5. The summed E-state index contributed by atoms with van der Waals surface area (Å²) in [6.07, 6.45) is 5.46. The lowest BCUT2D eigenvalue weighted by molar-refractivity contribution is 0.564. The van der Waals surface area contributed by atoms with E-state index in [1.54, 1.807) is 4.40 Å². The molecule has 0 aromatic carbocycles. The number of piperidine rings is 1. The number of rotatable bonds is 2. The molecule has 4 rings (SSSR count). The Labute approximate surface area is 142 Å². The van der Waals surface area contributed by atoms with Crippen molar-refractivity contribution in [1.29, 1.82) is 0 Å². The van der Waals surface area contributed by atoms with Gasteiger partial charge in [0.1, 0.15) is 11.3 Å². The van der Waals surface area contributed by atoms with E-state index in [0.29, 0.717) is 0 Å². The summed E-state index contributed by atoms with van der Waals surface area (Å²) >= 11 is 0. The minimum Gasteiger partial charge on any atom is -0.361 e. The van der Waals surface area contributed by atoms with Crippen LogP contribution in [0.25, 0.3) is 5.65 Å². The second-order valence-electron chi connectivity index (χ2n) is 6.76. The highest BCUT2D eigenvalue weighted by Crippen LogP contribution is 2.28. The molecule has 0 saturated carbocycles. The second-order valence-corrected chi connectivity index (χ2v) is 6.76. The molecule has 24 heavy (non-hydrogen) atoms. The van der Waals surface area contributed by atoms with Gasteiger partial charge in [0.2, 0.25) is 0 Å². The molecule has 4 heterocycles. The summed E-state index contributed by atoms with van der Waals surface area (Å²) < 4.78 is 1.71. The summed E-state index contributed by atoms with van der Waals surface area (Å²) in [4.78, 5) is 22.8. The number of piperazine rings is 1. The monoisotopic (exact) mass is 327 g/mol. The first-order chi connectivity index (χ1) is 11.8. The zero-order valence-electron chi connectivity index (χ0n) is 14.3. The average molecular weight is 327 g/mol. The fraction of sp³-hybridized carbons (Fsp3) is 0.556. The van der Waals surface area contributed by atoms with Crippen molar-refractivity contribution in [2.45, 2.75) is 26.2 Å². The standard InChI is InChI=1S/C18H25N5O/c1-14-6-5-11-23-16(14)20-17(22-9-3-2-4-10-22)15(18(23)24)21-12-7-19-8-13-21/h5-6,11,19H,2-4,7-10,12-13H2,1H3. The Morgan fingerprint density at radius 1 is 1.04 bits per heavy atom. The molecule has 2 aromatic heterocycles. The maximum Gasteiger partial charge on any atom is 0.283 e. The molecule has 6 heteroatoms. The second kappa shape index (κ2) is 6.43. The lowest BCUT2D eigenvalue weighted by Gasteiger charge is -2.35. The molecule has 0 aliphatic carbocycles. The Bertz CT molecular complexity index is 788. The van der Waals surface area contributed by atoms with Crippen LogP contribution in [0, 0.1) is 6.92 Å². The van der Waals surface area contributed by atoms with E-state index in [4.69, 9.17) is 4.98 Å². The number of nitrogens with one attached hydrogen (secondary N) is 1. The number of hydrogen-bond donors (Lipinski definition) is 1. The van der Waals surface area contributed by atoms with Gasteiger partial charge in [0.25, 0.3) is 5.56 Å². The van der Waals surface area contributed by atoms with Crippen LogP contribution in [0.3, 0.4) is 0 Å². The summed E-state index contributed by atoms with van der Waals surface area (Å²) in [6, 6.07) is 3.94. The van der Waals surface area contributed by atoms with E-state index in [1.165, 1.54) is 19.3 Å². The van der Waals surface area contributed by atoms with Crippen molar-refractivity contribution in [3.05, 3.63) is 34.2 Å². The Balaban J connectivity index is 1.92. The molecule has 0 radical (unpaired) electrons. The minimum absolute atomic E-state index is 0.0613. The van der Waals surface area contributed by atoms with Gasteiger partial charge in [0.15, 0.2) is 5.82 Å². The van der Waals surface area contributed by atoms with Crippen LogP contribution in [0.5, 0.6) is 0 Å². The quantitative estimate of drug-likeness (QED) is 0.904. The molecule has 2 aliphatic rings. The Kier molecular flexibility index (Phi) is 4.14. The first kappa shape index (κ1) is 15.4. The lowest BCUT2D eigenvalue weighted by atomic mass is 10.1. The van der Waals surface area contributed by atoms with Gasteiger partial charge in [-0.3, -0.25) is 9.20 Å². The van der Waals surface area contributed by atoms with Gasteiger partial charge in [0.05, 0.1) is 0 Å². The number of nitrogens with zero attached hydrogens (tertiary/aromatic N) is 4. The normalized spacial score (nSPS) is 19.0.